The van der Waals surface area contributed by atoms with Crippen LogP contribution in [0.5, 0.6) is 0 Å². The molecule has 60 heavy (non-hydrogen) atoms. The summed E-state index contributed by atoms with van der Waals surface area (Å²) >= 11 is 4.71. The number of esters is 1. The van der Waals surface area contributed by atoms with Crippen LogP contribution in [-0.4, -0.2) is 16.4 Å². The Morgan fingerprint density at radius 2 is 1.10 bits per heavy atom. The number of nitrogens with zero attached hydrogens (tertiary/aromatic N) is 1. The molecule has 0 bridgehead atoms. The Balaban J connectivity index is 1.44. The Morgan fingerprint density at radius 1 is 0.650 bits per heavy atom. The zero-order valence-corrected chi connectivity index (χ0v) is 37.2. The van der Waals surface area contributed by atoms with Crippen molar-refractivity contribution in [2.45, 2.75) is 60.0 Å². The van der Waals surface area contributed by atoms with Gasteiger partial charge in [0.25, 0.3) is 0 Å². The molecule has 1 aromatic heterocycles. The normalized spacial score (nSPS) is 12.4. The van der Waals surface area contributed by atoms with Crippen molar-refractivity contribution in [2.24, 2.45) is 5.41 Å². The van der Waals surface area contributed by atoms with Crippen LogP contribution in [0.1, 0.15) is 68.0 Å². The molecule has 0 fully saturated rings. The first-order valence-corrected chi connectivity index (χ1v) is 24.7. The monoisotopic (exact) mass is 880 g/mol. The summed E-state index contributed by atoms with van der Waals surface area (Å²) in [4.78, 5) is 27.5. The molecule has 0 unspecified atom stereocenters. The third-order valence-electron chi connectivity index (χ3n) is 11.0. The zero-order valence-electron chi connectivity index (χ0n) is 34.7. The van der Waals surface area contributed by atoms with E-state index in [2.05, 4.69) is 96.5 Å². The maximum atomic E-state index is 15.1. The topological polar surface area (TPSA) is 60.3 Å². The van der Waals surface area contributed by atoms with Crippen molar-refractivity contribution in [1.29, 1.82) is 0 Å². The number of aromatic nitrogens is 1. The van der Waals surface area contributed by atoms with Crippen molar-refractivity contribution in [3.63, 3.8) is 0 Å². The summed E-state index contributed by atoms with van der Waals surface area (Å²) in [5.41, 5.74) is 6.03. The van der Waals surface area contributed by atoms with E-state index in [9.17, 15) is 9.18 Å². The fraction of sp³-hybridized carbons (Fsp3) is 0.192. The first kappa shape index (κ1) is 42.5. The van der Waals surface area contributed by atoms with Gasteiger partial charge in [-0.3, -0.25) is 4.79 Å². The molecule has 0 aliphatic heterocycles. The van der Waals surface area contributed by atoms with Crippen molar-refractivity contribution in [3.05, 3.63) is 198 Å². The van der Waals surface area contributed by atoms with Crippen LogP contribution in [0, 0.1) is 11.2 Å². The first-order valence-electron chi connectivity index (χ1n) is 20.3. The summed E-state index contributed by atoms with van der Waals surface area (Å²) in [6.45, 7) is 10.2. The van der Waals surface area contributed by atoms with E-state index >= 15 is 4.79 Å². The number of hydrogen-bond acceptors (Lipinski definition) is 3. The van der Waals surface area contributed by atoms with E-state index in [-0.39, 0.29) is 36.9 Å². The molecule has 6 aromatic carbocycles. The van der Waals surface area contributed by atoms with E-state index in [0.717, 1.165) is 55.0 Å². The van der Waals surface area contributed by atoms with Crippen molar-refractivity contribution < 1.29 is 18.7 Å². The number of amides is 1. The second kappa shape index (κ2) is 17.5. The molecular formula is C52H51BrFN2O3P. The summed E-state index contributed by atoms with van der Waals surface area (Å²) in [6, 6.07) is 56.1. The van der Waals surface area contributed by atoms with E-state index in [0.29, 0.717) is 11.9 Å². The van der Waals surface area contributed by atoms with Crippen LogP contribution < -0.4 is 21.2 Å². The third-order valence-corrected chi connectivity index (χ3v) is 20.5. The van der Waals surface area contributed by atoms with Gasteiger partial charge in [-0.1, -0.05) is 0 Å². The second-order valence-corrected chi connectivity index (χ2v) is 25.5. The molecule has 1 amide bonds. The number of benzene rings is 6. The van der Waals surface area contributed by atoms with Gasteiger partial charge in [0.05, 0.1) is 5.41 Å². The fourth-order valence-corrected chi connectivity index (χ4v) is 15.5. The number of carbonyl (C=O) groups is 2. The maximum absolute atomic E-state index is 15.1. The summed E-state index contributed by atoms with van der Waals surface area (Å²) in [5, 5.41) is 3.06. The third kappa shape index (κ3) is 8.39. The molecule has 1 heterocycles. The van der Waals surface area contributed by atoms with E-state index in [1.807, 2.05) is 106 Å². The Morgan fingerprint density at radius 3 is 1.57 bits per heavy atom. The minimum absolute atomic E-state index is 0.156. The predicted octanol–water partition coefficient (Wildman–Crippen LogP) is 11.9. The van der Waals surface area contributed by atoms with Crippen LogP contribution >= 0.6 is 20.8 Å². The molecule has 7 aromatic rings. The molecule has 1 N–H and O–H groups in total. The van der Waals surface area contributed by atoms with Crippen molar-refractivity contribution >= 4 is 48.6 Å². The standard InChI is InChI=1S/C52H51BrFN2O3P/c1-37(2)56-46(36-60(53,43-20-12-7-13-21-43,44-22-14-8-15-23-44)45-24-16-9-17-25-45)47(41-30-32-42(54)33-31-41)48(40-18-10-6-11-19-40)49(56)50(57)55-34-38-26-28-39(29-27-38)35-59-51(58)52(3,4)5/h6-33,37H,34-36H2,1-5H3,(H,55,57). The number of hydrogen-bond donors (Lipinski definition) is 1. The Bertz CT molecular complexity index is 2470. The summed E-state index contributed by atoms with van der Waals surface area (Å²) < 4.78 is 22.5. The fourth-order valence-electron chi connectivity index (χ4n) is 8.00. The molecular weight excluding hydrogens is 830 g/mol. The van der Waals surface area contributed by atoms with Crippen LogP contribution in [0.4, 0.5) is 4.39 Å². The Kier molecular flexibility index (Phi) is 12.4. The van der Waals surface area contributed by atoms with Gasteiger partial charge >= 0.3 is 327 Å². The minimum atomic E-state index is -3.65. The van der Waals surface area contributed by atoms with Gasteiger partial charge in [-0.05, 0) is 20.8 Å². The van der Waals surface area contributed by atoms with Gasteiger partial charge in [0.2, 0.25) is 0 Å². The zero-order chi connectivity index (χ0) is 42.5. The number of rotatable bonds is 13. The average molecular weight is 882 g/mol. The molecule has 306 valence electrons. The number of halogens is 2. The van der Waals surface area contributed by atoms with Crippen LogP contribution in [0.15, 0.2) is 170 Å². The Hall–Kier alpha value is -5.62. The van der Waals surface area contributed by atoms with E-state index in [1.54, 1.807) is 0 Å². The second-order valence-electron chi connectivity index (χ2n) is 16.6. The first-order chi connectivity index (χ1) is 28.8. The van der Waals surface area contributed by atoms with Crippen LogP contribution in [0.2, 0.25) is 0 Å². The van der Waals surface area contributed by atoms with Crippen LogP contribution in [0.25, 0.3) is 22.3 Å². The van der Waals surface area contributed by atoms with Crippen molar-refractivity contribution in [3.8, 4) is 22.3 Å². The molecule has 0 saturated heterocycles. The van der Waals surface area contributed by atoms with Gasteiger partial charge in [-0.2, -0.15) is 0 Å². The molecule has 0 aliphatic rings. The van der Waals surface area contributed by atoms with Crippen LogP contribution in [0.3, 0.4) is 0 Å². The van der Waals surface area contributed by atoms with Gasteiger partial charge in [0, 0.05) is 0 Å². The van der Waals surface area contributed by atoms with Gasteiger partial charge in [-0.15, -0.1) is 0 Å². The quantitative estimate of drug-likeness (QED) is 0.0927. The molecule has 0 saturated carbocycles. The molecule has 7 rings (SSSR count). The summed E-state index contributed by atoms with van der Waals surface area (Å²) in [5.74, 6) is -0.823. The summed E-state index contributed by atoms with van der Waals surface area (Å²) in [7, 11) is 0. The van der Waals surface area contributed by atoms with E-state index in [1.165, 1.54) is 12.1 Å². The molecule has 0 aliphatic carbocycles. The van der Waals surface area contributed by atoms with Crippen molar-refractivity contribution in [1.82, 2.24) is 9.88 Å². The van der Waals surface area contributed by atoms with E-state index in [4.69, 9.17) is 20.2 Å². The molecule has 0 atom stereocenters. The Labute approximate surface area is 361 Å². The number of ether oxygens (including phenoxy) is 1. The van der Waals surface area contributed by atoms with Gasteiger partial charge in [-0.25, -0.2) is 0 Å². The molecule has 0 spiro atoms. The average Bonchev–Trinajstić information content (AvgIpc) is 3.60. The molecule has 0 radical (unpaired) electrons. The van der Waals surface area contributed by atoms with Gasteiger partial charge in [0.1, 0.15) is 0 Å². The van der Waals surface area contributed by atoms with Crippen molar-refractivity contribution in [2.75, 3.05) is 0 Å². The van der Waals surface area contributed by atoms with Gasteiger partial charge < -0.3 is 4.74 Å². The predicted molar refractivity (Wildman–Crippen MR) is 250 cm³/mol. The molecule has 8 heteroatoms. The SMILES string of the molecule is CC(C)n1c(CP(Br)(c2ccccc2)(c2ccccc2)c2ccccc2)c(-c2ccc(F)cc2)c(-c2ccccc2)c1C(=O)NCc1ccc(COC(=O)C(C)(C)C)cc1. The number of nitrogens with one attached hydrogen (secondary N) is 1. The van der Waals surface area contributed by atoms with E-state index < -0.39 is 10.7 Å². The summed E-state index contributed by atoms with van der Waals surface area (Å²) in [6.07, 6.45) is 0.503. The van der Waals surface area contributed by atoms with Gasteiger partial charge in [0.15, 0.2) is 0 Å². The molecule has 5 nitrogen and oxygen atoms in total. The number of carbonyl (C=O) groups excluding carboxylic acids is 2. The van der Waals surface area contributed by atoms with Crippen LogP contribution in [-0.2, 0) is 28.8 Å².